The van der Waals surface area contributed by atoms with Crippen molar-refractivity contribution in [2.45, 2.75) is 52.7 Å². The summed E-state index contributed by atoms with van der Waals surface area (Å²) < 4.78 is 32.0. The van der Waals surface area contributed by atoms with Gasteiger partial charge >= 0.3 is 496 Å². The Hall–Kier alpha value is -7.51. The number of fused-ring (bicyclic) bond motifs is 3. The van der Waals surface area contributed by atoms with E-state index in [-0.39, 0.29) is 78.2 Å². The maximum atomic E-state index is 13.1. The summed E-state index contributed by atoms with van der Waals surface area (Å²) in [6.45, 7) is 11.0. The number of nitrogen functional groups attached to an aromatic ring is 1. The molecule has 0 atom stereocenters. The number of hydrogen-bond donors (Lipinski definition) is 4. The summed E-state index contributed by atoms with van der Waals surface area (Å²) in [5, 5.41) is 17.3. The molecule has 0 fully saturated rings. The summed E-state index contributed by atoms with van der Waals surface area (Å²) >= 11 is 14.9. The Bertz CT molecular complexity index is 4510. The number of aromatic carboxylic acids is 1. The minimum atomic E-state index is -1.07. The van der Waals surface area contributed by atoms with Crippen LogP contribution < -0.4 is 16.4 Å². The maximum absolute atomic E-state index is 13.1. The molecule has 6 aromatic carbocycles. The molecule has 0 radical (unpaired) electrons. The topological polar surface area (TPSA) is 231 Å². The van der Waals surface area contributed by atoms with E-state index in [0.29, 0.717) is 47.1 Å². The molecule has 0 saturated carbocycles. The minimum absolute atomic E-state index is 0.00858. The fourth-order valence-corrected chi connectivity index (χ4v) is 15.3. The third kappa shape index (κ3) is 17.1. The van der Waals surface area contributed by atoms with E-state index >= 15 is 0 Å². The quantitative estimate of drug-likeness (QED) is 0.0537. The van der Waals surface area contributed by atoms with Crippen molar-refractivity contribution < 1.29 is 56.6 Å². The van der Waals surface area contributed by atoms with E-state index in [1.54, 1.807) is 30.3 Å². The van der Waals surface area contributed by atoms with Gasteiger partial charge in [-0.3, -0.25) is 4.79 Å². The molecule has 15 nitrogen and oxygen atoms in total. The van der Waals surface area contributed by atoms with Crippen LogP contribution in [0.2, 0.25) is 0 Å². The van der Waals surface area contributed by atoms with Crippen LogP contribution in [-0.2, 0) is 9.47 Å². The van der Waals surface area contributed by atoms with E-state index in [4.69, 9.17) is 40.1 Å². The van der Waals surface area contributed by atoms with Crippen LogP contribution in [-0.4, -0.2) is 94.8 Å². The zero-order valence-electron chi connectivity index (χ0n) is 48.6. The number of amides is 2. The van der Waals surface area contributed by atoms with Gasteiger partial charge in [0.05, 0.1) is 0 Å². The Balaban J connectivity index is 0.000000149. The Morgan fingerprint density at radius 1 is 0.467 bits per heavy atom. The number of carbonyl (C=O) groups excluding carboxylic acids is 5. The number of carbonyl (C=O) groups is 6. The number of rotatable bonds is 11. The molecule has 6 heterocycles. The first-order valence-electron chi connectivity index (χ1n) is 27.1. The van der Waals surface area contributed by atoms with Crippen molar-refractivity contribution in [3.05, 3.63) is 226 Å². The predicted molar refractivity (Wildman–Crippen MR) is 366 cm³/mol. The van der Waals surface area contributed by atoms with Crippen LogP contribution in [0, 0.1) is 0 Å². The molecule has 22 heteroatoms. The number of hydrogen-bond acceptors (Lipinski definition) is 12. The van der Waals surface area contributed by atoms with Gasteiger partial charge in [0.15, 0.2) is 5.76 Å². The molecule has 0 aliphatic heterocycles. The molecule has 0 aliphatic rings. The molecule has 90 heavy (non-hydrogen) atoms. The number of carboxylic acid groups (broad SMARTS) is 1. The number of nitrogens with two attached hydrogens (primary N) is 1. The predicted octanol–water partition coefficient (Wildman–Crippen LogP) is 17.5. The monoisotopic (exact) mass is 1610 g/mol. The zero-order valence-corrected chi connectivity index (χ0v) is 59.2. The standard InChI is InChI=1S/C24H20BrNO4Se.C20H12BrNO4Se.C15H16BrNO2Se.C9H5ClO2/c1-24(2,3)30-23(28)20-17(14-8-10-16(25)11-9-14)13-31-22(20)26-21(27)19-12-15-6-4-5-7-18(15)29-19;21-13-7-5-11(6-8-13)14-10-27-19(17(14)20(24)25)22-18(23)16-9-12-3-1-2-4-15(12)26-16;1-15(2,3)19-14(18)12-11(8-20-13(12)17)9-4-6-10(16)7-5-9;10-9(11)8-5-6-3-1-2-4-7(6)12-8/h4-13H,1-3H3,(H,26,27);1-10H,(H,22,23)(H,24,25);4-8H,17H2,1-3H3;1-5H. The van der Waals surface area contributed by atoms with Crippen molar-refractivity contribution in [1.29, 1.82) is 0 Å². The summed E-state index contributed by atoms with van der Waals surface area (Å²) in [6, 6.07) is 50.0. The van der Waals surface area contributed by atoms with Gasteiger partial charge in [-0.2, -0.15) is 0 Å². The number of furan rings is 3. The molecule has 0 spiro atoms. The fourth-order valence-electron chi connectivity index (χ4n) is 8.68. The number of benzene rings is 6. The van der Waals surface area contributed by atoms with Gasteiger partial charge in [-0.15, -0.1) is 0 Å². The van der Waals surface area contributed by atoms with E-state index in [2.05, 4.69) is 58.4 Å². The first-order chi connectivity index (χ1) is 42.8. The van der Waals surface area contributed by atoms with Crippen LogP contribution in [0.3, 0.4) is 0 Å². The van der Waals surface area contributed by atoms with Gasteiger partial charge in [0.2, 0.25) is 0 Å². The summed E-state index contributed by atoms with van der Waals surface area (Å²) in [5.41, 5.74) is 12.7. The molecule has 0 saturated heterocycles. The Labute approximate surface area is 564 Å². The summed E-state index contributed by atoms with van der Waals surface area (Å²) in [4.78, 5) is 79.3. The van der Waals surface area contributed by atoms with Crippen molar-refractivity contribution in [2.75, 3.05) is 16.4 Å². The second kappa shape index (κ2) is 29.2. The van der Waals surface area contributed by atoms with Crippen molar-refractivity contribution in [1.82, 2.24) is 0 Å². The molecule has 5 N–H and O–H groups in total. The molecule has 6 aromatic heterocycles. The molecule has 0 aliphatic carbocycles. The van der Waals surface area contributed by atoms with Crippen molar-refractivity contribution >= 4 is 184 Å². The number of anilines is 3. The van der Waals surface area contributed by atoms with Crippen molar-refractivity contribution in [3.63, 3.8) is 0 Å². The Morgan fingerprint density at radius 2 is 0.789 bits per heavy atom. The first-order valence-corrected chi connectivity index (χ1v) is 35.4. The van der Waals surface area contributed by atoms with Crippen LogP contribution in [0.5, 0.6) is 0 Å². The Morgan fingerprint density at radius 3 is 1.16 bits per heavy atom. The number of ether oxygens (including phenoxy) is 2. The summed E-state index contributed by atoms with van der Waals surface area (Å²) in [5.74, 6) is -2.16. The van der Waals surface area contributed by atoms with Gasteiger partial charge in [0.1, 0.15) is 5.58 Å². The molecule has 12 aromatic rings. The third-order valence-electron chi connectivity index (χ3n) is 12.7. The molecule has 0 unspecified atom stereocenters. The van der Waals surface area contributed by atoms with Gasteiger partial charge in [0, 0.05) is 5.39 Å². The average Bonchev–Trinajstić information content (AvgIpc) is 1.79. The van der Waals surface area contributed by atoms with E-state index in [1.807, 2.05) is 190 Å². The van der Waals surface area contributed by atoms with Crippen LogP contribution >= 0.6 is 59.4 Å². The van der Waals surface area contributed by atoms with Crippen LogP contribution in [0.1, 0.15) is 104 Å². The number of carboxylic acids is 1. The summed E-state index contributed by atoms with van der Waals surface area (Å²) in [7, 11) is 0. The van der Waals surface area contributed by atoms with E-state index in [1.165, 1.54) is 0 Å². The summed E-state index contributed by atoms with van der Waals surface area (Å²) in [6.07, 6.45) is 0. The number of halogens is 4. The van der Waals surface area contributed by atoms with E-state index < -0.39 is 34.3 Å². The van der Waals surface area contributed by atoms with Crippen LogP contribution in [0.25, 0.3) is 66.3 Å². The van der Waals surface area contributed by atoms with Gasteiger partial charge in [-0.25, -0.2) is 0 Å². The Kier molecular flexibility index (Phi) is 21.7. The zero-order chi connectivity index (χ0) is 64.6. The second-order valence-electron chi connectivity index (χ2n) is 21.6. The van der Waals surface area contributed by atoms with Gasteiger partial charge in [-0.1, -0.05) is 18.2 Å². The number of nitrogens with one attached hydrogen (secondary N) is 2. The van der Waals surface area contributed by atoms with Crippen molar-refractivity contribution in [2.24, 2.45) is 0 Å². The van der Waals surface area contributed by atoms with Crippen LogP contribution in [0.15, 0.2) is 205 Å². The van der Waals surface area contributed by atoms with E-state index in [9.17, 15) is 33.9 Å². The van der Waals surface area contributed by atoms with Crippen molar-refractivity contribution in [3.8, 4) is 33.4 Å². The molecule has 2 amide bonds. The fraction of sp³-hybridized carbons (Fsp3) is 0.118. The van der Waals surface area contributed by atoms with Gasteiger partial charge in [-0.05, 0) is 23.7 Å². The molecular weight excluding hydrogens is 1560 g/mol. The average molecular weight is 1620 g/mol. The third-order valence-corrected chi connectivity index (χ3v) is 19.9. The number of para-hydroxylation sites is 3. The molecule has 458 valence electrons. The molecule has 0 bridgehead atoms. The normalized spacial score (nSPS) is 11.1. The first kappa shape index (κ1) is 66.9. The number of esters is 2. The molecular formula is C68H53Br3ClN3O12Se3. The van der Waals surface area contributed by atoms with Crippen LogP contribution in [0.4, 0.5) is 13.7 Å². The van der Waals surface area contributed by atoms with Gasteiger partial charge in [0.25, 0.3) is 5.24 Å². The second-order valence-corrected chi connectivity index (χ2v) is 30.2. The SMILES string of the molecule is CC(C)(C)OC(=O)c1c(-c2ccc(Br)cc2)c[se]c1N.CC(C)(C)OC(=O)c1c(-c2ccc(Br)cc2)c[se]c1NC(=O)c1cc2ccccc2o1.O=C(Cl)c1cc2ccccc2o1.O=C(Nc1[se]cc(-c2ccc(Br)cc2)c1C(=O)O)c1cc2ccccc2o1. The molecule has 12 rings (SSSR count). The van der Waals surface area contributed by atoms with Gasteiger partial charge < -0.3 is 4.42 Å². The van der Waals surface area contributed by atoms with E-state index in [0.717, 1.165) is 57.4 Å².